The lowest BCUT2D eigenvalue weighted by Gasteiger charge is -2.31. The summed E-state index contributed by atoms with van der Waals surface area (Å²) in [7, 11) is 0. The highest BCUT2D eigenvalue weighted by Gasteiger charge is 2.32. The smallest absolute Gasteiger partial charge is 0.0444 e. The highest BCUT2D eigenvalue weighted by atomic mass is 35.5. The van der Waals surface area contributed by atoms with Crippen LogP contribution in [0.15, 0.2) is 24.3 Å². The standard InChI is InChI=1S/C14H19Cl3/c1-11(2)7-8-14(9-15,10-16)12-5-3-4-6-13(12)17/h3-6,11H,7-10H2,1-2H3. The molecule has 0 spiro atoms. The van der Waals surface area contributed by atoms with Crippen molar-refractivity contribution in [3.8, 4) is 0 Å². The number of halogens is 3. The molecule has 0 nitrogen and oxygen atoms in total. The molecule has 0 heterocycles. The van der Waals surface area contributed by atoms with Crippen molar-refractivity contribution >= 4 is 34.8 Å². The van der Waals surface area contributed by atoms with Gasteiger partial charge in [-0.1, -0.05) is 50.1 Å². The number of benzene rings is 1. The van der Waals surface area contributed by atoms with E-state index in [1.165, 1.54) is 0 Å². The maximum Gasteiger partial charge on any atom is 0.0444 e. The SMILES string of the molecule is CC(C)CCC(CCl)(CCl)c1ccccc1Cl. The van der Waals surface area contributed by atoms with Crippen molar-refractivity contribution in [1.29, 1.82) is 0 Å². The van der Waals surface area contributed by atoms with Crippen LogP contribution in [-0.2, 0) is 5.41 Å². The Morgan fingerprint density at radius 1 is 1.12 bits per heavy atom. The molecule has 0 unspecified atom stereocenters. The van der Waals surface area contributed by atoms with Crippen LogP contribution in [0.1, 0.15) is 32.3 Å². The van der Waals surface area contributed by atoms with Crippen LogP contribution in [0.3, 0.4) is 0 Å². The molecule has 1 aromatic carbocycles. The van der Waals surface area contributed by atoms with E-state index in [-0.39, 0.29) is 5.41 Å². The van der Waals surface area contributed by atoms with E-state index >= 15 is 0 Å². The lowest BCUT2D eigenvalue weighted by atomic mass is 9.78. The first-order valence-electron chi connectivity index (χ1n) is 5.92. The number of hydrogen-bond donors (Lipinski definition) is 0. The number of alkyl halides is 2. The molecule has 0 aliphatic carbocycles. The van der Waals surface area contributed by atoms with E-state index in [9.17, 15) is 0 Å². The van der Waals surface area contributed by atoms with Gasteiger partial charge >= 0.3 is 0 Å². The zero-order valence-electron chi connectivity index (χ0n) is 10.3. The first kappa shape index (κ1) is 15.1. The molecule has 0 fully saturated rings. The summed E-state index contributed by atoms with van der Waals surface area (Å²) in [4.78, 5) is 0. The van der Waals surface area contributed by atoms with E-state index in [0.717, 1.165) is 23.4 Å². The molecule has 0 saturated carbocycles. The van der Waals surface area contributed by atoms with Crippen LogP contribution >= 0.6 is 34.8 Å². The van der Waals surface area contributed by atoms with E-state index in [1.807, 2.05) is 24.3 Å². The van der Waals surface area contributed by atoms with Crippen molar-refractivity contribution in [2.75, 3.05) is 11.8 Å². The van der Waals surface area contributed by atoms with Crippen LogP contribution in [0.2, 0.25) is 5.02 Å². The van der Waals surface area contributed by atoms with Gasteiger partial charge in [0, 0.05) is 22.2 Å². The molecule has 0 radical (unpaired) electrons. The topological polar surface area (TPSA) is 0 Å². The Hall–Kier alpha value is 0.0900. The third kappa shape index (κ3) is 3.77. The molecule has 0 aliphatic rings. The average molecular weight is 294 g/mol. The fourth-order valence-electron chi connectivity index (χ4n) is 1.90. The van der Waals surface area contributed by atoms with Crippen molar-refractivity contribution in [3.63, 3.8) is 0 Å². The Balaban J connectivity index is 3.02. The van der Waals surface area contributed by atoms with Gasteiger partial charge in [-0.05, 0) is 24.0 Å². The summed E-state index contributed by atoms with van der Waals surface area (Å²) in [5.74, 6) is 1.66. The van der Waals surface area contributed by atoms with Gasteiger partial charge in [0.2, 0.25) is 0 Å². The molecule has 96 valence electrons. The zero-order valence-corrected chi connectivity index (χ0v) is 12.6. The Labute approximate surface area is 119 Å². The monoisotopic (exact) mass is 292 g/mol. The van der Waals surface area contributed by atoms with Crippen LogP contribution in [0.5, 0.6) is 0 Å². The highest BCUT2D eigenvalue weighted by molar-refractivity contribution is 6.32. The summed E-state index contributed by atoms with van der Waals surface area (Å²) in [6.07, 6.45) is 2.08. The van der Waals surface area contributed by atoms with Crippen molar-refractivity contribution in [1.82, 2.24) is 0 Å². The molecule has 0 saturated heterocycles. The maximum absolute atomic E-state index is 6.26. The van der Waals surface area contributed by atoms with E-state index < -0.39 is 0 Å². The molecule has 0 atom stereocenters. The number of rotatable bonds is 6. The number of hydrogen-bond acceptors (Lipinski definition) is 0. The minimum atomic E-state index is -0.203. The van der Waals surface area contributed by atoms with E-state index in [1.54, 1.807) is 0 Å². The molecular weight excluding hydrogens is 275 g/mol. The predicted octanol–water partition coefficient (Wildman–Crippen LogP) is 5.49. The summed E-state index contributed by atoms with van der Waals surface area (Å²) in [6, 6.07) is 7.86. The van der Waals surface area contributed by atoms with Crippen LogP contribution in [0.4, 0.5) is 0 Å². The van der Waals surface area contributed by atoms with Gasteiger partial charge < -0.3 is 0 Å². The van der Waals surface area contributed by atoms with Gasteiger partial charge in [0.25, 0.3) is 0 Å². The fourth-order valence-corrected chi connectivity index (χ4v) is 3.08. The van der Waals surface area contributed by atoms with Gasteiger partial charge in [-0.15, -0.1) is 23.2 Å². The minimum absolute atomic E-state index is 0.203. The Bertz CT molecular complexity index is 343. The first-order chi connectivity index (χ1) is 8.05. The average Bonchev–Trinajstić information content (AvgIpc) is 2.32. The van der Waals surface area contributed by atoms with Crippen molar-refractivity contribution in [3.05, 3.63) is 34.9 Å². The summed E-state index contributed by atoms with van der Waals surface area (Å²) in [6.45, 7) is 4.42. The fraction of sp³-hybridized carbons (Fsp3) is 0.571. The van der Waals surface area contributed by atoms with Crippen molar-refractivity contribution in [2.45, 2.75) is 32.1 Å². The minimum Gasteiger partial charge on any atom is -0.126 e. The molecule has 0 aliphatic heterocycles. The van der Waals surface area contributed by atoms with Gasteiger partial charge in [0.1, 0.15) is 0 Å². The Morgan fingerprint density at radius 2 is 1.71 bits per heavy atom. The third-order valence-corrected chi connectivity index (χ3v) is 4.51. The van der Waals surface area contributed by atoms with Gasteiger partial charge in [-0.25, -0.2) is 0 Å². The van der Waals surface area contributed by atoms with Crippen LogP contribution in [0, 0.1) is 5.92 Å². The first-order valence-corrected chi connectivity index (χ1v) is 7.37. The van der Waals surface area contributed by atoms with Crippen molar-refractivity contribution in [2.24, 2.45) is 5.92 Å². The van der Waals surface area contributed by atoms with Crippen LogP contribution < -0.4 is 0 Å². The normalized spacial score (nSPS) is 12.1. The Morgan fingerprint density at radius 3 is 2.18 bits per heavy atom. The van der Waals surface area contributed by atoms with E-state index in [2.05, 4.69) is 13.8 Å². The summed E-state index contributed by atoms with van der Waals surface area (Å²) < 4.78 is 0. The van der Waals surface area contributed by atoms with E-state index in [4.69, 9.17) is 34.8 Å². The second-order valence-electron chi connectivity index (χ2n) is 4.96. The molecule has 1 aromatic rings. The molecule has 0 bridgehead atoms. The van der Waals surface area contributed by atoms with Crippen molar-refractivity contribution < 1.29 is 0 Å². The summed E-state index contributed by atoms with van der Waals surface area (Å²) in [5.41, 5.74) is 0.874. The highest BCUT2D eigenvalue weighted by Crippen LogP contribution is 2.37. The third-order valence-electron chi connectivity index (χ3n) is 3.16. The lowest BCUT2D eigenvalue weighted by molar-refractivity contribution is 0.423. The molecule has 0 aromatic heterocycles. The summed E-state index contributed by atoms with van der Waals surface area (Å²) in [5, 5.41) is 0.762. The zero-order chi connectivity index (χ0) is 12.9. The van der Waals surface area contributed by atoms with Crippen LogP contribution in [-0.4, -0.2) is 11.8 Å². The second-order valence-corrected chi connectivity index (χ2v) is 5.90. The molecular formula is C14H19Cl3. The molecule has 0 amide bonds. The lowest BCUT2D eigenvalue weighted by Crippen LogP contribution is -2.31. The van der Waals surface area contributed by atoms with Crippen LogP contribution in [0.25, 0.3) is 0 Å². The largest absolute Gasteiger partial charge is 0.126 e. The van der Waals surface area contributed by atoms with Gasteiger partial charge in [0.15, 0.2) is 0 Å². The maximum atomic E-state index is 6.26. The van der Waals surface area contributed by atoms with E-state index in [0.29, 0.717) is 17.7 Å². The molecule has 17 heavy (non-hydrogen) atoms. The molecule has 0 N–H and O–H groups in total. The van der Waals surface area contributed by atoms with Gasteiger partial charge in [-0.3, -0.25) is 0 Å². The Kier molecular flexibility index (Phi) is 6.12. The van der Waals surface area contributed by atoms with Gasteiger partial charge in [0.05, 0.1) is 0 Å². The van der Waals surface area contributed by atoms with Gasteiger partial charge in [-0.2, -0.15) is 0 Å². The second kappa shape index (κ2) is 6.87. The molecule has 3 heteroatoms. The molecule has 1 rings (SSSR count). The summed E-state index contributed by atoms with van der Waals surface area (Å²) >= 11 is 18.6. The quantitative estimate of drug-likeness (QED) is 0.608. The predicted molar refractivity (Wildman–Crippen MR) is 78.6 cm³/mol.